The summed E-state index contributed by atoms with van der Waals surface area (Å²) in [7, 11) is 0. The molecule has 0 amide bonds. The quantitative estimate of drug-likeness (QED) is 0.762. The van der Waals surface area contributed by atoms with Crippen molar-refractivity contribution < 1.29 is 0 Å². The van der Waals surface area contributed by atoms with Crippen LogP contribution in [0.2, 0.25) is 10.0 Å². The summed E-state index contributed by atoms with van der Waals surface area (Å²) >= 11 is 12.0. The van der Waals surface area contributed by atoms with E-state index in [4.69, 9.17) is 23.2 Å². The third kappa shape index (κ3) is 3.79. The monoisotopic (exact) mass is 271 g/mol. The van der Waals surface area contributed by atoms with Gasteiger partial charge in [-0.05, 0) is 49.3 Å². The maximum absolute atomic E-state index is 5.99. The van der Waals surface area contributed by atoms with E-state index >= 15 is 0 Å². The van der Waals surface area contributed by atoms with Crippen LogP contribution in [0, 0.1) is 5.41 Å². The fraction of sp³-hybridized carbons (Fsp3) is 0.571. The summed E-state index contributed by atoms with van der Waals surface area (Å²) in [6.07, 6.45) is 4.99. The van der Waals surface area contributed by atoms with Gasteiger partial charge in [0.05, 0.1) is 0 Å². The van der Waals surface area contributed by atoms with Crippen LogP contribution < -0.4 is 5.32 Å². The molecule has 1 saturated carbocycles. The van der Waals surface area contributed by atoms with E-state index in [1.807, 2.05) is 12.1 Å². The Morgan fingerprint density at radius 1 is 1.06 bits per heavy atom. The summed E-state index contributed by atoms with van der Waals surface area (Å²) in [5.41, 5.74) is 1.54. The molecule has 0 aliphatic heterocycles. The molecular formula is C14H19Cl2N. The minimum absolute atomic E-state index is 0.504. The fourth-order valence-electron chi connectivity index (χ4n) is 2.42. The third-order valence-corrected chi connectivity index (χ3v) is 4.01. The Balaban J connectivity index is 1.97. The summed E-state index contributed by atoms with van der Waals surface area (Å²) in [6.45, 7) is 4.69. The van der Waals surface area contributed by atoms with Crippen LogP contribution in [0.3, 0.4) is 0 Å². The van der Waals surface area contributed by atoms with Crippen LogP contribution in [0.4, 0.5) is 5.69 Å². The topological polar surface area (TPSA) is 12.0 Å². The average Bonchev–Trinajstić information content (AvgIpc) is 2.20. The second-order valence-corrected chi connectivity index (χ2v) is 6.61. The zero-order chi connectivity index (χ0) is 12.5. The molecular weight excluding hydrogens is 253 g/mol. The molecule has 17 heavy (non-hydrogen) atoms. The minimum Gasteiger partial charge on any atom is -0.382 e. The Hall–Kier alpha value is -0.400. The summed E-state index contributed by atoms with van der Waals surface area (Å²) in [5, 5.41) is 4.91. The number of halogens is 2. The molecule has 1 N–H and O–H groups in total. The maximum Gasteiger partial charge on any atom is 0.0441 e. The van der Waals surface area contributed by atoms with Crippen molar-refractivity contribution in [1.29, 1.82) is 0 Å². The van der Waals surface area contributed by atoms with Crippen molar-refractivity contribution in [3.05, 3.63) is 28.2 Å². The predicted octanol–water partition coefficient (Wildman–Crippen LogP) is 5.37. The van der Waals surface area contributed by atoms with Crippen LogP contribution in [0.1, 0.15) is 39.5 Å². The molecule has 0 bridgehead atoms. The van der Waals surface area contributed by atoms with Crippen molar-refractivity contribution in [3.8, 4) is 0 Å². The largest absolute Gasteiger partial charge is 0.382 e. The molecule has 0 heterocycles. The lowest BCUT2D eigenvalue weighted by molar-refractivity contribution is 0.232. The van der Waals surface area contributed by atoms with E-state index in [1.165, 1.54) is 25.7 Å². The lowest BCUT2D eigenvalue weighted by Crippen LogP contribution is -2.29. The highest BCUT2D eigenvalue weighted by molar-refractivity contribution is 6.35. The van der Waals surface area contributed by atoms with Crippen molar-refractivity contribution in [3.63, 3.8) is 0 Å². The highest BCUT2D eigenvalue weighted by Crippen LogP contribution is 2.36. The zero-order valence-electron chi connectivity index (χ0n) is 10.4. The first-order valence-corrected chi connectivity index (χ1v) is 6.93. The van der Waals surface area contributed by atoms with E-state index in [1.54, 1.807) is 6.07 Å². The van der Waals surface area contributed by atoms with Gasteiger partial charge < -0.3 is 5.32 Å². The van der Waals surface area contributed by atoms with Crippen LogP contribution in [0.15, 0.2) is 18.2 Å². The number of hydrogen-bond donors (Lipinski definition) is 1. The van der Waals surface area contributed by atoms with Crippen LogP contribution in [0.25, 0.3) is 0 Å². The first-order chi connectivity index (χ1) is 7.94. The molecule has 0 spiro atoms. The minimum atomic E-state index is 0.504. The molecule has 1 aromatic carbocycles. The lowest BCUT2D eigenvalue weighted by atomic mass is 9.75. The molecule has 0 radical (unpaired) electrons. The molecule has 0 aromatic heterocycles. The van der Waals surface area contributed by atoms with Gasteiger partial charge in [-0.2, -0.15) is 0 Å². The molecule has 1 fully saturated rings. The molecule has 94 valence electrons. The van der Waals surface area contributed by atoms with E-state index in [0.29, 0.717) is 21.5 Å². The molecule has 1 aromatic rings. The van der Waals surface area contributed by atoms with Crippen molar-refractivity contribution in [1.82, 2.24) is 0 Å². The number of hydrogen-bond acceptors (Lipinski definition) is 1. The van der Waals surface area contributed by atoms with Gasteiger partial charge in [-0.3, -0.25) is 0 Å². The Morgan fingerprint density at radius 3 is 2.12 bits per heavy atom. The third-order valence-electron chi connectivity index (χ3n) is 3.57. The van der Waals surface area contributed by atoms with Crippen molar-refractivity contribution in [2.75, 3.05) is 5.32 Å². The number of benzene rings is 1. The van der Waals surface area contributed by atoms with E-state index in [0.717, 1.165) is 5.69 Å². The highest BCUT2D eigenvalue weighted by Gasteiger charge is 2.26. The van der Waals surface area contributed by atoms with Crippen molar-refractivity contribution in [2.24, 2.45) is 5.41 Å². The Labute approximate surface area is 114 Å². The molecule has 1 aliphatic carbocycles. The molecule has 1 aliphatic rings. The van der Waals surface area contributed by atoms with Crippen LogP contribution in [-0.4, -0.2) is 6.04 Å². The molecule has 1 nitrogen and oxygen atoms in total. The van der Waals surface area contributed by atoms with Gasteiger partial charge in [0.25, 0.3) is 0 Å². The van der Waals surface area contributed by atoms with Gasteiger partial charge >= 0.3 is 0 Å². The Bertz CT molecular complexity index is 371. The summed E-state index contributed by atoms with van der Waals surface area (Å²) in [4.78, 5) is 0. The number of nitrogens with one attached hydrogen (secondary N) is 1. The lowest BCUT2D eigenvalue weighted by Gasteiger charge is -2.35. The summed E-state index contributed by atoms with van der Waals surface area (Å²) < 4.78 is 0. The van der Waals surface area contributed by atoms with Crippen LogP contribution >= 0.6 is 23.2 Å². The summed E-state index contributed by atoms with van der Waals surface area (Å²) in [6, 6.07) is 6.19. The molecule has 0 atom stereocenters. The van der Waals surface area contributed by atoms with Crippen molar-refractivity contribution in [2.45, 2.75) is 45.6 Å². The van der Waals surface area contributed by atoms with Crippen molar-refractivity contribution >= 4 is 28.9 Å². The predicted molar refractivity (Wildman–Crippen MR) is 76.1 cm³/mol. The number of rotatable bonds is 2. The molecule has 2 rings (SSSR count). The smallest absolute Gasteiger partial charge is 0.0441 e. The first-order valence-electron chi connectivity index (χ1n) is 6.17. The van der Waals surface area contributed by atoms with Crippen LogP contribution in [-0.2, 0) is 0 Å². The molecule has 3 heteroatoms. The van der Waals surface area contributed by atoms with Gasteiger partial charge in [-0.25, -0.2) is 0 Å². The molecule has 0 unspecified atom stereocenters. The van der Waals surface area contributed by atoms with Gasteiger partial charge in [0.1, 0.15) is 0 Å². The van der Waals surface area contributed by atoms with Gasteiger partial charge in [0.2, 0.25) is 0 Å². The van der Waals surface area contributed by atoms with Gasteiger partial charge in [-0.15, -0.1) is 0 Å². The van der Waals surface area contributed by atoms with Gasteiger partial charge in [0, 0.05) is 21.8 Å². The Kier molecular flexibility index (Phi) is 3.89. The van der Waals surface area contributed by atoms with E-state index in [9.17, 15) is 0 Å². The standard InChI is InChI=1S/C14H19Cl2N/c1-14(2)5-3-12(4-6-14)17-13-8-10(15)7-11(16)9-13/h7-9,12,17H,3-6H2,1-2H3. The van der Waals surface area contributed by atoms with E-state index < -0.39 is 0 Å². The maximum atomic E-state index is 5.99. The van der Waals surface area contributed by atoms with E-state index in [2.05, 4.69) is 19.2 Å². The first kappa shape index (κ1) is 13.0. The SMILES string of the molecule is CC1(C)CCC(Nc2cc(Cl)cc(Cl)c2)CC1. The second kappa shape index (κ2) is 5.07. The van der Waals surface area contributed by atoms with Gasteiger partial charge in [0.15, 0.2) is 0 Å². The van der Waals surface area contributed by atoms with E-state index in [-0.39, 0.29) is 0 Å². The number of anilines is 1. The fourth-order valence-corrected chi connectivity index (χ4v) is 2.94. The second-order valence-electron chi connectivity index (χ2n) is 5.74. The normalized spacial score (nSPS) is 20.2. The Morgan fingerprint density at radius 2 is 1.59 bits per heavy atom. The van der Waals surface area contributed by atoms with Gasteiger partial charge in [-0.1, -0.05) is 37.0 Å². The zero-order valence-corrected chi connectivity index (χ0v) is 11.9. The highest BCUT2D eigenvalue weighted by atomic mass is 35.5. The average molecular weight is 272 g/mol. The van der Waals surface area contributed by atoms with Crippen LogP contribution in [0.5, 0.6) is 0 Å². The summed E-state index contributed by atoms with van der Waals surface area (Å²) in [5.74, 6) is 0. The molecule has 0 saturated heterocycles.